The number of hydrogen-bond donors (Lipinski definition) is 0. The number of halogens is 1. The quantitative estimate of drug-likeness (QED) is 0.793. The van der Waals surface area contributed by atoms with Gasteiger partial charge in [0.15, 0.2) is 0 Å². The second-order valence-corrected chi connectivity index (χ2v) is 5.65. The summed E-state index contributed by atoms with van der Waals surface area (Å²) in [5.74, 6) is -0.265. The highest BCUT2D eigenvalue weighted by Gasteiger charge is 2.26. The lowest BCUT2D eigenvalue weighted by molar-refractivity contribution is 0.482. The van der Waals surface area contributed by atoms with Gasteiger partial charge in [0.05, 0.1) is 29.6 Å². The number of pyridine rings is 2. The molecule has 3 rings (SSSR count). The van der Waals surface area contributed by atoms with Crippen LogP contribution < -0.4 is 4.90 Å². The molecule has 0 N–H and O–H groups in total. The number of rotatable bonds is 2. The second-order valence-electron chi connectivity index (χ2n) is 5.26. The SMILES string of the molecule is CC(C#N)c1ncc(N2CCC2C)c2cnc(Cl)cc12. The fourth-order valence-corrected chi connectivity index (χ4v) is 2.78. The smallest absolute Gasteiger partial charge is 0.129 e. The summed E-state index contributed by atoms with van der Waals surface area (Å²) < 4.78 is 0. The number of nitrogens with zero attached hydrogens (tertiary/aromatic N) is 4. The Labute approximate surface area is 123 Å². The van der Waals surface area contributed by atoms with E-state index >= 15 is 0 Å². The third-order valence-electron chi connectivity index (χ3n) is 3.98. The molecule has 1 aliphatic rings. The first-order valence-corrected chi connectivity index (χ1v) is 7.10. The van der Waals surface area contributed by atoms with Crippen LogP contribution in [-0.2, 0) is 0 Å². The normalized spacial score (nSPS) is 19.5. The zero-order valence-corrected chi connectivity index (χ0v) is 12.2. The molecule has 1 saturated heterocycles. The Balaban J connectivity index is 2.23. The lowest BCUT2D eigenvalue weighted by Crippen LogP contribution is -2.45. The zero-order valence-electron chi connectivity index (χ0n) is 11.5. The van der Waals surface area contributed by atoms with Crippen LogP contribution in [0.4, 0.5) is 5.69 Å². The van der Waals surface area contributed by atoms with Gasteiger partial charge in [-0.2, -0.15) is 5.26 Å². The van der Waals surface area contributed by atoms with Crippen molar-refractivity contribution >= 4 is 28.1 Å². The molecule has 2 atom stereocenters. The van der Waals surface area contributed by atoms with Crippen LogP contribution in [0.25, 0.3) is 10.8 Å². The van der Waals surface area contributed by atoms with Crippen molar-refractivity contribution in [1.29, 1.82) is 5.26 Å². The average Bonchev–Trinajstić information content (AvgIpc) is 2.44. The van der Waals surface area contributed by atoms with Gasteiger partial charge in [-0.05, 0) is 26.3 Å². The minimum atomic E-state index is -0.265. The summed E-state index contributed by atoms with van der Waals surface area (Å²) in [5.41, 5.74) is 1.85. The second kappa shape index (κ2) is 4.92. The van der Waals surface area contributed by atoms with Gasteiger partial charge in [0.1, 0.15) is 5.15 Å². The van der Waals surface area contributed by atoms with Crippen LogP contribution in [0, 0.1) is 11.3 Å². The van der Waals surface area contributed by atoms with E-state index in [9.17, 15) is 0 Å². The van der Waals surface area contributed by atoms with E-state index in [1.807, 2.05) is 13.1 Å². The van der Waals surface area contributed by atoms with Crippen molar-refractivity contribution in [3.63, 3.8) is 0 Å². The summed E-state index contributed by atoms with van der Waals surface area (Å²) in [4.78, 5) is 11.0. The highest BCUT2D eigenvalue weighted by Crippen LogP contribution is 2.35. The molecular weight excluding hydrogens is 272 g/mol. The lowest BCUT2D eigenvalue weighted by Gasteiger charge is -2.41. The molecule has 2 aromatic heterocycles. The lowest BCUT2D eigenvalue weighted by atomic mass is 9.99. The van der Waals surface area contributed by atoms with Crippen molar-refractivity contribution in [3.05, 3.63) is 29.3 Å². The predicted molar refractivity (Wildman–Crippen MR) is 80.0 cm³/mol. The maximum absolute atomic E-state index is 9.15. The summed E-state index contributed by atoms with van der Waals surface area (Å²) >= 11 is 6.01. The van der Waals surface area contributed by atoms with Crippen LogP contribution in [0.1, 0.15) is 31.9 Å². The molecule has 0 saturated carbocycles. The zero-order chi connectivity index (χ0) is 14.3. The minimum absolute atomic E-state index is 0.265. The van der Waals surface area contributed by atoms with Crippen LogP contribution in [0.2, 0.25) is 5.15 Å². The molecule has 4 nitrogen and oxygen atoms in total. The predicted octanol–water partition coefficient (Wildman–Crippen LogP) is 3.51. The minimum Gasteiger partial charge on any atom is -0.367 e. The molecule has 102 valence electrons. The van der Waals surface area contributed by atoms with Crippen LogP contribution in [0.15, 0.2) is 18.5 Å². The molecule has 1 fully saturated rings. The summed E-state index contributed by atoms with van der Waals surface area (Å²) in [5, 5.41) is 11.5. The third kappa shape index (κ3) is 1.99. The maximum atomic E-state index is 9.15. The molecule has 0 amide bonds. The number of fused-ring (bicyclic) bond motifs is 1. The molecule has 20 heavy (non-hydrogen) atoms. The first kappa shape index (κ1) is 13.1. The Bertz CT molecular complexity index is 707. The molecule has 2 aromatic rings. The standard InChI is InChI=1S/C15H15ClN4/c1-9(6-17)15-11-5-14(16)18-7-12(11)13(8-19-15)20-4-3-10(20)2/h5,7-10H,3-4H2,1-2H3. The van der Waals surface area contributed by atoms with Crippen LogP contribution in [-0.4, -0.2) is 22.6 Å². The molecule has 0 spiro atoms. The van der Waals surface area contributed by atoms with E-state index in [2.05, 4.69) is 27.9 Å². The van der Waals surface area contributed by atoms with Crippen LogP contribution >= 0.6 is 11.6 Å². The molecular formula is C15H15ClN4. The highest BCUT2D eigenvalue weighted by molar-refractivity contribution is 6.30. The van der Waals surface area contributed by atoms with E-state index in [4.69, 9.17) is 16.9 Å². The largest absolute Gasteiger partial charge is 0.367 e. The molecule has 2 unspecified atom stereocenters. The van der Waals surface area contributed by atoms with Gasteiger partial charge < -0.3 is 4.90 Å². The Hall–Kier alpha value is -1.86. The summed E-state index contributed by atoms with van der Waals surface area (Å²) in [6.07, 6.45) is 4.84. The van der Waals surface area contributed by atoms with Gasteiger partial charge in [-0.15, -0.1) is 0 Å². The van der Waals surface area contributed by atoms with Crippen molar-refractivity contribution in [3.8, 4) is 6.07 Å². The van der Waals surface area contributed by atoms with Crippen molar-refractivity contribution in [2.75, 3.05) is 11.4 Å². The van der Waals surface area contributed by atoms with E-state index in [0.717, 1.165) is 28.7 Å². The molecule has 0 radical (unpaired) electrons. The third-order valence-corrected chi connectivity index (χ3v) is 4.19. The van der Waals surface area contributed by atoms with Gasteiger partial charge >= 0.3 is 0 Å². The Morgan fingerprint density at radius 2 is 2.20 bits per heavy atom. The van der Waals surface area contributed by atoms with E-state index in [1.165, 1.54) is 6.42 Å². The fourth-order valence-electron chi connectivity index (χ4n) is 2.63. The maximum Gasteiger partial charge on any atom is 0.129 e. The highest BCUT2D eigenvalue weighted by atomic mass is 35.5. The van der Waals surface area contributed by atoms with Crippen LogP contribution in [0.3, 0.4) is 0 Å². The van der Waals surface area contributed by atoms with Crippen LogP contribution in [0.5, 0.6) is 0 Å². The first-order valence-electron chi connectivity index (χ1n) is 6.72. The number of hydrogen-bond acceptors (Lipinski definition) is 4. The summed E-state index contributed by atoms with van der Waals surface area (Å²) in [7, 11) is 0. The van der Waals surface area contributed by atoms with E-state index in [1.54, 1.807) is 12.3 Å². The topological polar surface area (TPSA) is 52.8 Å². The van der Waals surface area contributed by atoms with Gasteiger partial charge in [0.25, 0.3) is 0 Å². The molecule has 0 bridgehead atoms. The molecule has 3 heterocycles. The number of nitriles is 1. The molecule has 0 aromatic carbocycles. The molecule has 5 heteroatoms. The van der Waals surface area contributed by atoms with E-state index < -0.39 is 0 Å². The van der Waals surface area contributed by atoms with Crippen molar-refractivity contribution in [2.45, 2.75) is 32.2 Å². The van der Waals surface area contributed by atoms with E-state index in [-0.39, 0.29) is 5.92 Å². The average molecular weight is 287 g/mol. The van der Waals surface area contributed by atoms with Crippen molar-refractivity contribution in [1.82, 2.24) is 9.97 Å². The molecule has 1 aliphatic heterocycles. The van der Waals surface area contributed by atoms with Crippen molar-refractivity contribution in [2.24, 2.45) is 0 Å². The molecule has 0 aliphatic carbocycles. The number of aromatic nitrogens is 2. The summed E-state index contributed by atoms with van der Waals surface area (Å²) in [6.45, 7) is 5.08. The van der Waals surface area contributed by atoms with Gasteiger partial charge in [0.2, 0.25) is 0 Å². The van der Waals surface area contributed by atoms with Gasteiger partial charge in [-0.3, -0.25) is 4.98 Å². The summed E-state index contributed by atoms with van der Waals surface area (Å²) in [6, 6.07) is 4.57. The Morgan fingerprint density at radius 3 is 2.80 bits per heavy atom. The van der Waals surface area contributed by atoms with E-state index in [0.29, 0.717) is 11.2 Å². The Morgan fingerprint density at radius 1 is 1.40 bits per heavy atom. The van der Waals surface area contributed by atoms with Gasteiger partial charge in [-0.25, -0.2) is 4.98 Å². The van der Waals surface area contributed by atoms with Gasteiger partial charge in [0, 0.05) is 29.6 Å². The first-order chi connectivity index (χ1) is 9.61. The van der Waals surface area contributed by atoms with Gasteiger partial charge in [-0.1, -0.05) is 11.6 Å². The fraction of sp³-hybridized carbons (Fsp3) is 0.400. The monoisotopic (exact) mass is 286 g/mol. The Kier molecular flexibility index (Phi) is 3.23. The van der Waals surface area contributed by atoms with Crippen molar-refractivity contribution < 1.29 is 0 Å². The number of anilines is 1.